The molecule has 0 heterocycles. The van der Waals surface area contributed by atoms with Gasteiger partial charge in [-0.3, -0.25) is 4.79 Å². The fourth-order valence-corrected chi connectivity index (χ4v) is 5.06. The smallest absolute Gasteiger partial charge is 0.248 e. The molecular formula is C36H69NO2. The Balaban J connectivity index is 3.36. The van der Waals surface area contributed by atoms with E-state index in [0.29, 0.717) is 13.0 Å². The molecule has 0 fully saturated rings. The van der Waals surface area contributed by atoms with Crippen LogP contribution in [-0.2, 0) is 4.79 Å². The van der Waals surface area contributed by atoms with Crippen LogP contribution in [-0.4, -0.2) is 23.7 Å². The molecule has 0 aromatic rings. The Bertz CT molecular complexity index is 542. The summed E-state index contributed by atoms with van der Waals surface area (Å²) in [6, 6.07) is 0. The van der Waals surface area contributed by atoms with E-state index in [4.69, 9.17) is 0 Å². The second kappa shape index (κ2) is 33.1. The van der Waals surface area contributed by atoms with Gasteiger partial charge in [0.2, 0.25) is 5.91 Å². The van der Waals surface area contributed by atoms with Gasteiger partial charge in [0, 0.05) is 6.54 Å². The average Bonchev–Trinajstić information content (AvgIpc) is 2.94. The number of unbranched alkanes of at least 4 members (excludes halogenated alkanes) is 22. The summed E-state index contributed by atoms with van der Waals surface area (Å²) in [7, 11) is 0. The molecular weight excluding hydrogens is 478 g/mol. The van der Waals surface area contributed by atoms with Crippen LogP contribution in [0.15, 0.2) is 24.3 Å². The molecule has 0 saturated carbocycles. The van der Waals surface area contributed by atoms with E-state index in [2.05, 4.69) is 43.5 Å². The molecule has 3 nitrogen and oxygen atoms in total. The third-order valence-electron chi connectivity index (χ3n) is 7.78. The van der Waals surface area contributed by atoms with Crippen LogP contribution in [0.2, 0.25) is 0 Å². The number of carbonyl (C=O) groups excluding carboxylic acids is 1. The molecule has 1 atom stereocenters. The molecule has 0 radical (unpaired) electrons. The highest BCUT2D eigenvalue weighted by Crippen LogP contribution is 2.12. The van der Waals surface area contributed by atoms with Crippen molar-refractivity contribution >= 4 is 5.91 Å². The SMILES string of the molecule is CCCCCCCC/C=C\CCCCCCCCNC(=O)C(O)CCCCCC/C=C\CCCCCCCC. The van der Waals surface area contributed by atoms with Crippen molar-refractivity contribution in [3.8, 4) is 0 Å². The van der Waals surface area contributed by atoms with Gasteiger partial charge in [-0.15, -0.1) is 0 Å². The van der Waals surface area contributed by atoms with Crippen LogP contribution in [0.4, 0.5) is 0 Å². The highest BCUT2D eigenvalue weighted by Gasteiger charge is 2.13. The van der Waals surface area contributed by atoms with Gasteiger partial charge in [0.25, 0.3) is 0 Å². The maximum atomic E-state index is 12.1. The molecule has 0 rings (SSSR count). The fraction of sp³-hybridized carbons (Fsp3) is 0.861. The third kappa shape index (κ3) is 31.3. The lowest BCUT2D eigenvalue weighted by Crippen LogP contribution is -2.35. The van der Waals surface area contributed by atoms with Crippen LogP contribution in [0.3, 0.4) is 0 Å². The minimum Gasteiger partial charge on any atom is -0.383 e. The number of allylic oxidation sites excluding steroid dienone is 4. The Hall–Kier alpha value is -1.09. The topological polar surface area (TPSA) is 49.3 Å². The van der Waals surface area contributed by atoms with Crippen LogP contribution in [0, 0.1) is 0 Å². The summed E-state index contributed by atoms with van der Waals surface area (Å²) < 4.78 is 0. The molecule has 0 bridgehead atoms. The van der Waals surface area contributed by atoms with Crippen molar-refractivity contribution in [1.82, 2.24) is 5.32 Å². The van der Waals surface area contributed by atoms with E-state index in [1.807, 2.05) is 0 Å². The molecule has 0 spiro atoms. The molecule has 1 amide bonds. The normalized spacial score (nSPS) is 12.6. The van der Waals surface area contributed by atoms with E-state index >= 15 is 0 Å². The van der Waals surface area contributed by atoms with Crippen molar-refractivity contribution in [3.05, 3.63) is 24.3 Å². The first-order valence-corrected chi connectivity index (χ1v) is 17.5. The minimum absolute atomic E-state index is 0.180. The summed E-state index contributed by atoms with van der Waals surface area (Å²) in [5.41, 5.74) is 0. The van der Waals surface area contributed by atoms with Crippen molar-refractivity contribution < 1.29 is 9.90 Å². The number of nitrogens with one attached hydrogen (secondary N) is 1. The largest absolute Gasteiger partial charge is 0.383 e. The van der Waals surface area contributed by atoms with Crippen LogP contribution in [0.5, 0.6) is 0 Å². The Morgan fingerprint density at radius 2 is 0.846 bits per heavy atom. The summed E-state index contributed by atoms with van der Waals surface area (Å²) in [4.78, 5) is 12.1. The summed E-state index contributed by atoms with van der Waals surface area (Å²) in [5.74, 6) is -0.180. The second-order valence-electron chi connectivity index (χ2n) is 11.8. The van der Waals surface area contributed by atoms with Gasteiger partial charge in [-0.25, -0.2) is 0 Å². The number of hydrogen-bond acceptors (Lipinski definition) is 2. The molecule has 0 aliphatic rings. The van der Waals surface area contributed by atoms with Gasteiger partial charge < -0.3 is 10.4 Å². The number of amides is 1. The van der Waals surface area contributed by atoms with Crippen LogP contribution >= 0.6 is 0 Å². The van der Waals surface area contributed by atoms with Gasteiger partial charge in [-0.05, 0) is 64.2 Å². The van der Waals surface area contributed by atoms with E-state index < -0.39 is 6.10 Å². The zero-order valence-corrected chi connectivity index (χ0v) is 26.5. The van der Waals surface area contributed by atoms with Gasteiger partial charge in [0.15, 0.2) is 0 Å². The van der Waals surface area contributed by atoms with Gasteiger partial charge in [-0.1, -0.05) is 147 Å². The molecule has 1 unspecified atom stereocenters. The Morgan fingerprint density at radius 1 is 0.513 bits per heavy atom. The molecule has 0 aromatic heterocycles. The van der Waals surface area contributed by atoms with E-state index in [9.17, 15) is 9.90 Å². The fourth-order valence-electron chi connectivity index (χ4n) is 5.06. The maximum absolute atomic E-state index is 12.1. The first kappa shape index (κ1) is 37.9. The molecule has 0 aliphatic carbocycles. The lowest BCUT2D eigenvalue weighted by atomic mass is 10.1. The molecule has 39 heavy (non-hydrogen) atoms. The highest BCUT2D eigenvalue weighted by atomic mass is 16.3. The van der Waals surface area contributed by atoms with E-state index in [1.165, 1.54) is 135 Å². The van der Waals surface area contributed by atoms with E-state index in [0.717, 1.165) is 32.1 Å². The highest BCUT2D eigenvalue weighted by molar-refractivity contribution is 5.80. The molecule has 3 heteroatoms. The zero-order valence-electron chi connectivity index (χ0n) is 26.5. The predicted octanol–water partition coefficient (Wildman–Crippen LogP) is 11.1. The Kier molecular flexibility index (Phi) is 32.2. The average molecular weight is 548 g/mol. The number of hydrogen-bond donors (Lipinski definition) is 2. The summed E-state index contributed by atoms with van der Waals surface area (Å²) in [5, 5.41) is 13.0. The van der Waals surface area contributed by atoms with Gasteiger partial charge >= 0.3 is 0 Å². The molecule has 230 valence electrons. The number of aliphatic hydroxyl groups excluding tert-OH is 1. The van der Waals surface area contributed by atoms with Crippen molar-refractivity contribution in [2.75, 3.05) is 6.54 Å². The molecule has 0 aliphatic heterocycles. The predicted molar refractivity (Wildman–Crippen MR) is 173 cm³/mol. The lowest BCUT2D eigenvalue weighted by Gasteiger charge is -2.11. The van der Waals surface area contributed by atoms with Crippen molar-refractivity contribution in [3.63, 3.8) is 0 Å². The Labute approximate surface area is 245 Å². The van der Waals surface area contributed by atoms with Crippen LogP contribution < -0.4 is 5.32 Å². The standard InChI is InChI=1S/C36H69NO2/c1-3-5-7-9-11-13-15-17-19-20-22-24-26-28-30-32-34-37-36(39)35(38)33-31-29-27-25-23-21-18-16-14-12-10-8-6-4-2/h17-19,21,35,38H,3-16,20,22-34H2,1-2H3,(H,37,39)/b19-17-,21-18-. The number of rotatable bonds is 31. The van der Waals surface area contributed by atoms with Crippen molar-refractivity contribution in [1.29, 1.82) is 0 Å². The van der Waals surface area contributed by atoms with Crippen LogP contribution in [0.25, 0.3) is 0 Å². The minimum atomic E-state index is -0.837. The van der Waals surface area contributed by atoms with E-state index in [1.54, 1.807) is 0 Å². The third-order valence-corrected chi connectivity index (χ3v) is 7.78. The Morgan fingerprint density at radius 3 is 1.26 bits per heavy atom. The van der Waals surface area contributed by atoms with Gasteiger partial charge in [0.1, 0.15) is 6.10 Å². The number of aliphatic hydroxyl groups is 1. The first-order chi connectivity index (χ1) is 19.2. The van der Waals surface area contributed by atoms with Crippen molar-refractivity contribution in [2.24, 2.45) is 0 Å². The lowest BCUT2D eigenvalue weighted by molar-refractivity contribution is -0.129. The monoisotopic (exact) mass is 548 g/mol. The number of carbonyl (C=O) groups is 1. The quantitative estimate of drug-likeness (QED) is 0.0669. The second-order valence-corrected chi connectivity index (χ2v) is 11.8. The summed E-state index contributed by atoms with van der Waals surface area (Å²) >= 11 is 0. The van der Waals surface area contributed by atoms with Crippen LogP contribution in [0.1, 0.15) is 187 Å². The first-order valence-electron chi connectivity index (χ1n) is 17.5. The van der Waals surface area contributed by atoms with E-state index in [-0.39, 0.29) is 5.91 Å². The summed E-state index contributed by atoms with van der Waals surface area (Å²) in [6.07, 6.45) is 42.3. The zero-order chi connectivity index (χ0) is 28.5. The molecule has 0 saturated heterocycles. The summed E-state index contributed by atoms with van der Waals surface area (Å²) in [6.45, 7) is 5.24. The van der Waals surface area contributed by atoms with Gasteiger partial charge in [0.05, 0.1) is 0 Å². The molecule has 2 N–H and O–H groups in total. The van der Waals surface area contributed by atoms with Crippen molar-refractivity contribution in [2.45, 2.75) is 193 Å². The maximum Gasteiger partial charge on any atom is 0.248 e. The molecule has 0 aromatic carbocycles. The van der Waals surface area contributed by atoms with Gasteiger partial charge in [-0.2, -0.15) is 0 Å².